The van der Waals surface area contributed by atoms with E-state index >= 15 is 0 Å². The van der Waals surface area contributed by atoms with E-state index in [4.69, 9.17) is 0 Å². The molecule has 1 nitrogen and oxygen atoms in total. The Morgan fingerprint density at radius 3 is 1.14 bits per heavy atom. The van der Waals surface area contributed by atoms with Gasteiger partial charge in [-0.05, 0) is 184 Å². The summed E-state index contributed by atoms with van der Waals surface area (Å²) in [4.78, 5) is 2.60. The molecule has 0 radical (unpaired) electrons. The predicted octanol–water partition coefficient (Wildman–Crippen LogP) is 19.6. The second-order valence-electron chi connectivity index (χ2n) is 23.6. The molecule has 346 valence electrons. The second-order valence-corrected chi connectivity index (χ2v) is 23.6. The molecule has 0 bridgehead atoms. The van der Waals surface area contributed by atoms with Crippen molar-refractivity contribution in [3.63, 3.8) is 0 Å². The van der Waals surface area contributed by atoms with E-state index in [9.17, 15) is 0 Å². The number of hydrogen-bond acceptors (Lipinski definition) is 1. The van der Waals surface area contributed by atoms with Gasteiger partial charge in [0.15, 0.2) is 0 Å². The number of nitrogens with zero attached hydrogens (tertiary/aromatic N) is 1. The van der Waals surface area contributed by atoms with Crippen molar-refractivity contribution in [2.45, 2.75) is 134 Å². The molecule has 5 aliphatic carbocycles. The Morgan fingerprint density at radius 2 is 0.700 bits per heavy atom. The first-order valence-corrected chi connectivity index (χ1v) is 26.9. The summed E-state index contributed by atoms with van der Waals surface area (Å²) in [6.07, 6.45) is 13.3. The third-order valence-corrected chi connectivity index (χ3v) is 18.8. The average Bonchev–Trinajstić information content (AvgIpc) is 3.88. The quantitative estimate of drug-likeness (QED) is 0.166. The molecule has 0 aliphatic heterocycles. The lowest BCUT2D eigenvalue weighted by Gasteiger charge is -2.31. The van der Waals surface area contributed by atoms with Crippen molar-refractivity contribution in [3.05, 3.63) is 196 Å². The van der Waals surface area contributed by atoms with Crippen molar-refractivity contribution in [2.75, 3.05) is 4.90 Å². The van der Waals surface area contributed by atoms with Gasteiger partial charge < -0.3 is 4.90 Å². The Labute approximate surface area is 415 Å². The third-order valence-electron chi connectivity index (χ3n) is 18.8. The summed E-state index contributed by atoms with van der Waals surface area (Å²) in [5.41, 5.74) is 23.4. The Bertz CT molecular complexity index is 3490. The van der Waals surface area contributed by atoms with E-state index in [0.29, 0.717) is 11.8 Å². The van der Waals surface area contributed by atoms with Crippen LogP contribution in [0.5, 0.6) is 0 Å². The number of fused-ring (bicyclic) bond motifs is 15. The van der Waals surface area contributed by atoms with Crippen molar-refractivity contribution in [2.24, 2.45) is 0 Å². The minimum Gasteiger partial charge on any atom is -0.310 e. The first-order valence-electron chi connectivity index (χ1n) is 26.9. The van der Waals surface area contributed by atoms with Gasteiger partial charge in [0.25, 0.3) is 0 Å². The topological polar surface area (TPSA) is 3.24 Å². The van der Waals surface area contributed by atoms with E-state index in [0.717, 1.165) is 0 Å². The molecule has 5 aliphatic rings. The fourth-order valence-electron chi connectivity index (χ4n) is 15.1. The van der Waals surface area contributed by atoms with Gasteiger partial charge in [-0.15, -0.1) is 0 Å². The molecule has 9 aromatic carbocycles. The Balaban J connectivity index is 0.962. The van der Waals surface area contributed by atoms with E-state index in [1.165, 1.54) is 180 Å². The minimum atomic E-state index is -0.166. The van der Waals surface area contributed by atoms with Gasteiger partial charge in [-0.2, -0.15) is 0 Å². The van der Waals surface area contributed by atoms with Crippen LogP contribution in [0.4, 0.5) is 17.1 Å². The number of rotatable bonds is 5. The van der Waals surface area contributed by atoms with E-state index in [1.807, 2.05) is 0 Å². The molecule has 0 N–H and O–H groups in total. The summed E-state index contributed by atoms with van der Waals surface area (Å²) >= 11 is 0. The van der Waals surface area contributed by atoms with Gasteiger partial charge >= 0.3 is 0 Å². The molecule has 0 unspecified atom stereocenters. The number of benzene rings is 9. The molecule has 70 heavy (non-hydrogen) atoms. The van der Waals surface area contributed by atoms with Crippen LogP contribution in [-0.4, -0.2) is 0 Å². The molecule has 0 spiro atoms. The maximum absolute atomic E-state index is 2.65. The van der Waals surface area contributed by atoms with E-state index in [-0.39, 0.29) is 16.2 Å². The Hall–Kier alpha value is -6.44. The maximum Gasteiger partial charge on any atom is 0.0465 e. The van der Waals surface area contributed by atoms with Crippen molar-refractivity contribution in [1.82, 2.24) is 0 Å². The highest BCUT2D eigenvalue weighted by molar-refractivity contribution is 6.07. The van der Waals surface area contributed by atoms with Gasteiger partial charge in [-0.1, -0.05) is 195 Å². The molecule has 0 amide bonds. The van der Waals surface area contributed by atoms with Gasteiger partial charge in [0, 0.05) is 33.3 Å². The van der Waals surface area contributed by atoms with Crippen molar-refractivity contribution >= 4 is 49.4 Å². The molecule has 2 saturated carbocycles. The zero-order chi connectivity index (χ0) is 47.3. The van der Waals surface area contributed by atoms with Crippen molar-refractivity contribution in [3.8, 4) is 33.4 Å². The van der Waals surface area contributed by atoms with Gasteiger partial charge in [-0.25, -0.2) is 0 Å². The molecule has 0 heterocycles. The van der Waals surface area contributed by atoms with Crippen LogP contribution in [0.15, 0.2) is 152 Å². The average molecular weight is 908 g/mol. The van der Waals surface area contributed by atoms with Crippen LogP contribution in [0.1, 0.15) is 162 Å². The lowest BCUT2D eigenvalue weighted by atomic mass is 9.77. The van der Waals surface area contributed by atoms with E-state index in [1.54, 1.807) is 11.1 Å². The first kappa shape index (κ1) is 42.4. The van der Waals surface area contributed by atoms with Crippen molar-refractivity contribution < 1.29 is 0 Å². The number of hydrogen-bond donors (Lipinski definition) is 0. The van der Waals surface area contributed by atoms with Gasteiger partial charge in [0.2, 0.25) is 0 Å². The molecular weight excluding hydrogens is 843 g/mol. The van der Waals surface area contributed by atoms with Gasteiger partial charge in [0.05, 0.1) is 0 Å². The summed E-state index contributed by atoms with van der Waals surface area (Å²) < 4.78 is 0. The van der Waals surface area contributed by atoms with Crippen LogP contribution < -0.4 is 4.90 Å². The smallest absolute Gasteiger partial charge is 0.0465 e. The van der Waals surface area contributed by atoms with Crippen LogP contribution in [0, 0.1) is 0 Å². The monoisotopic (exact) mass is 908 g/mol. The van der Waals surface area contributed by atoms with Crippen LogP contribution in [0.2, 0.25) is 0 Å². The lowest BCUT2D eigenvalue weighted by Crippen LogP contribution is -2.19. The maximum atomic E-state index is 2.65. The summed E-state index contributed by atoms with van der Waals surface area (Å²) in [6, 6.07) is 60.0. The van der Waals surface area contributed by atoms with Crippen LogP contribution in [0.3, 0.4) is 0 Å². The first-order chi connectivity index (χ1) is 34.0. The Morgan fingerprint density at radius 1 is 0.329 bits per heavy atom. The SMILES string of the molecule is CC1(C)c2cc(N(c3ccc4c(c3)C(C)(C)c3cc(C5CCCCC5)c5ccccc5c3-4)c3ccc4c(c3)C(C)(C)c3cc(C5CCCCC5)c5ccccc5c3-4)ccc2-c2c1ccc1ccccc21. The molecule has 14 rings (SSSR count). The van der Waals surface area contributed by atoms with E-state index in [2.05, 4.69) is 198 Å². The molecule has 0 aromatic heterocycles. The van der Waals surface area contributed by atoms with Crippen molar-refractivity contribution in [1.29, 1.82) is 0 Å². The standard InChI is InChI=1S/C69H65N/c1-67(2)58-36-29-44-23-13-14-24-48(44)64(58)53-33-30-45(37-59(53)67)70(46-31-34-54-60(38-46)68(3,4)62-40-56(42-19-9-7-10-20-42)49-25-15-17-27-51(49)65(54)62)47-32-35-55-61(39-47)69(5,6)63-41-57(43-21-11-8-12-22-43)50-26-16-18-28-52(50)66(55)63/h13-18,23-43H,7-12,19-22H2,1-6H3. The number of anilines is 3. The zero-order valence-corrected chi connectivity index (χ0v) is 42.1. The highest BCUT2D eigenvalue weighted by Gasteiger charge is 2.42. The van der Waals surface area contributed by atoms with Crippen LogP contribution in [0.25, 0.3) is 65.7 Å². The second kappa shape index (κ2) is 15.3. The normalized spacial score (nSPS) is 18.4. The largest absolute Gasteiger partial charge is 0.310 e. The predicted molar refractivity (Wildman–Crippen MR) is 298 cm³/mol. The highest BCUT2D eigenvalue weighted by Crippen LogP contribution is 2.59. The van der Waals surface area contributed by atoms with E-state index < -0.39 is 0 Å². The van der Waals surface area contributed by atoms with Crippen LogP contribution in [-0.2, 0) is 16.2 Å². The van der Waals surface area contributed by atoms with Gasteiger partial charge in [-0.3, -0.25) is 0 Å². The molecule has 2 fully saturated rings. The molecule has 1 heteroatoms. The third kappa shape index (κ3) is 5.96. The van der Waals surface area contributed by atoms with Gasteiger partial charge in [0.1, 0.15) is 0 Å². The molecule has 9 aromatic rings. The summed E-state index contributed by atoms with van der Waals surface area (Å²) in [6.45, 7) is 14.8. The summed E-state index contributed by atoms with van der Waals surface area (Å²) in [5, 5.41) is 8.40. The highest BCUT2D eigenvalue weighted by atomic mass is 15.1. The molecular formula is C69H65N. The zero-order valence-electron chi connectivity index (χ0n) is 42.1. The molecule has 0 saturated heterocycles. The molecule has 0 atom stereocenters. The fourth-order valence-corrected chi connectivity index (χ4v) is 15.1. The lowest BCUT2D eigenvalue weighted by molar-refractivity contribution is 0.445. The summed E-state index contributed by atoms with van der Waals surface area (Å²) in [5.74, 6) is 1.27. The van der Waals surface area contributed by atoms with Crippen LogP contribution >= 0.6 is 0 Å². The summed E-state index contributed by atoms with van der Waals surface area (Å²) in [7, 11) is 0. The minimum absolute atomic E-state index is 0.159. The Kier molecular flexibility index (Phi) is 9.26. The fraction of sp³-hybridized carbons (Fsp3) is 0.304.